The van der Waals surface area contributed by atoms with Crippen LogP contribution in [-0.4, -0.2) is 20.2 Å². The second-order valence-electron chi connectivity index (χ2n) is 5.88. The zero-order valence-corrected chi connectivity index (χ0v) is 15.9. The Morgan fingerprint density at radius 2 is 2.20 bits per heavy atom. The number of hydrogen-bond donors (Lipinski definition) is 0. The van der Waals surface area contributed by atoms with E-state index in [2.05, 4.69) is 15.2 Å². The first-order valence-corrected chi connectivity index (χ1v) is 10.7. The highest BCUT2D eigenvalue weighted by Gasteiger charge is 2.22. The van der Waals surface area contributed by atoms with Crippen LogP contribution in [0, 0.1) is 6.92 Å². The summed E-state index contributed by atoms with van der Waals surface area (Å²) in [6.45, 7) is 1.95. The van der Waals surface area contributed by atoms with E-state index in [-0.39, 0.29) is 0 Å². The molecule has 4 aromatic heterocycles. The van der Waals surface area contributed by atoms with Gasteiger partial charge in [-0.15, -0.1) is 32.9 Å². The lowest BCUT2D eigenvalue weighted by Crippen LogP contribution is -1.93. The predicted molar refractivity (Wildman–Crippen MR) is 101 cm³/mol. The van der Waals surface area contributed by atoms with Gasteiger partial charge in [-0.2, -0.15) is 0 Å². The number of thiophene rings is 2. The molecule has 0 saturated carbocycles. The molecule has 5 nitrogen and oxygen atoms in total. The van der Waals surface area contributed by atoms with Gasteiger partial charge in [-0.3, -0.25) is 0 Å². The molecule has 0 fully saturated rings. The van der Waals surface area contributed by atoms with Crippen LogP contribution in [0.3, 0.4) is 0 Å². The first-order valence-electron chi connectivity index (χ1n) is 8.06. The van der Waals surface area contributed by atoms with E-state index in [0.29, 0.717) is 17.5 Å². The van der Waals surface area contributed by atoms with Crippen LogP contribution < -0.4 is 0 Å². The zero-order valence-electron chi connectivity index (χ0n) is 13.5. The third-order valence-electron chi connectivity index (χ3n) is 4.17. The van der Waals surface area contributed by atoms with Crippen LogP contribution in [0.5, 0.6) is 0 Å². The van der Waals surface area contributed by atoms with Gasteiger partial charge in [-0.1, -0.05) is 17.8 Å². The molecule has 0 radical (unpaired) electrons. The zero-order chi connectivity index (χ0) is 16.8. The molecule has 0 atom stereocenters. The standard InChI is InChI=1S/C17H14N4OS3/c1-9-18-16(14-10-4-2-5-11(10)25-17(14)19-9)24-8-13-20-21-15(22-13)12-6-3-7-23-12/h3,6-7H,2,4-5,8H2,1H3. The quantitative estimate of drug-likeness (QED) is 0.367. The summed E-state index contributed by atoms with van der Waals surface area (Å²) >= 11 is 5.09. The minimum Gasteiger partial charge on any atom is -0.419 e. The van der Waals surface area contributed by atoms with Crippen molar-refractivity contribution in [3.63, 3.8) is 0 Å². The minimum atomic E-state index is 0.589. The molecule has 0 aromatic carbocycles. The lowest BCUT2D eigenvalue weighted by molar-refractivity contribution is 0.529. The van der Waals surface area contributed by atoms with Crippen molar-refractivity contribution in [2.75, 3.05) is 0 Å². The Morgan fingerprint density at radius 1 is 1.24 bits per heavy atom. The molecule has 0 amide bonds. The third-order valence-corrected chi connectivity index (χ3v) is 7.18. The van der Waals surface area contributed by atoms with E-state index in [1.807, 2.05) is 35.8 Å². The van der Waals surface area contributed by atoms with Crippen LogP contribution in [0.4, 0.5) is 0 Å². The van der Waals surface area contributed by atoms with Gasteiger partial charge >= 0.3 is 0 Å². The Bertz CT molecular complexity index is 1050. The van der Waals surface area contributed by atoms with Crippen molar-refractivity contribution in [2.45, 2.75) is 37.0 Å². The number of nitrogens with zero attached hydrogens (tertiary/aromatic N) is 4. The molecule has 0 unspecified atom stereocenters. The van der Waals surface area contributed by atoms with E-state index in [4.69, 9.17) is 9.40 Å². The Labute approximate surface area is 156 Å². The van der Waals surface area contributed by atoms with Gasteiger partial charge in [0, 0.05) is 10.3 Å². The maximum atomic E-state index is 5.79. The van der Waals surface area contributed by atoms with Gasteiger partial charge in [0.1, 0.15) is 15.7 Å². The smallest absolute Gasteiger partial charge is 0.257 e. The monoisotopic (exact) mass is 386 g/mol. The molecular weight excluding hydrogens is 372 g/mol. The van der Waals surface area contributed by atoms with Gasteiger partial charge in [-0.25, -0.2) is 9.97 Å². The molecule has 4 heterocycles. The van der Waals surface area contributed by atoms with Gasteiger partial charge < -0.3 is 4.42 Å². The highest BCUT2D eigenvalue weighted by molar-refractivity contribution is 7.98. The molecule has 0 saturated heterocycles. The van der Waals surface area contributed by atoms with E-state index in [1.165, 1.54) is 28.7 Å². The van der Waals surface area contributed by atoms with Crippen molar-refractivity contribution in [2.24, 2.45) is 0 Å². The van der Waals surface area contributed by atoms with Gasteiger partial charge in [-0.05, 0) is 43.2 Å². The number of aromatic nitrogens is 4. The molecule has 0 aliphatic heterocycles. The maximum absolute atomic E-state index is 5.79. The van der Waals surface area contributed by atoms with Crippen molar-refractivity contribution in [1.82, 2.24) is 20.2 Å². The fourth-order valence-electron chi connectivity index (χ4n) is 3.11. The Morgan fingerprint density at radius 3 is 3.08 bits per heavy atom. The Balaban J connectivity index is 1.44. The summed E-state index contributed by atoms with van der Waals surface area (Å²) in [5, 5.41) is 12.6. The van der Waals surface area contributed by atoms with E-state index >= 15 is 0 Å². The molecule has 0 spiro atoms. The number of thioether (sulfide) groups is 1. The van der Waals surface area contributed by atoms with Crippen molar-refractivity contribution in [3.8, 4) is 10.8 Å². The maximum Gasteiger partial charge on any atom is 0.257 e. The molecule has 8 heteroatoms. The van der Waals surface area contributed by atoms with Gasteiger partial charge in [0.05, 0.1) is 10.6 Å². The highest BCUT2D eigenvalue weighted by atomic mass is 32.2. The van der Waals surface area contributed by atoms with Gasteiger partial charge in [0.25, 0.3) is 5.89 Å². The summed E-state index contributed by atoms with van der Waals surface area (Å²) in [6.07, 6.45) is 3.55. The van der Waals surface area contributed by atoms with E-state index in [1.54, 1.807) is 23.1 Å². The summed E-state index contributed by atoms with van der Waals surface area (Å²) in [5.74, 6) is 2.66. The van der Waals surface area contributed by atoms with Gasteiger partial charge in [0.2, 0.25) is 5.89 Å². The molecule has 1 aliphatic rings. The molecular formula is C17H14N4OS3. The SMILES string of the molecule is Cc1nc(SCc2nnc(-c3cccs3)o2)c2c3c(sc2n1)CCC3. The molecule has 5 rings (SSSR count). The number of aryl methyl sites for hydroxylation is 3. The summed E-state index contributed by atoms with van der Waals surface area (Å²) in [4.78, 5) is 12.9. The molecule has 0 bridgehead atoms. The average Bonchev–Trinajstić information content (AvgIpc) is 3.34. The predicted octanol–water partition coefficient (Wildman–Crippen LogP) is 4.89. The minimum absolute atomic E-state index is 0.589. The van der Waals surface area contributed by atoms with Crippen molar-refractivity contribution in [1.29, 1.82) is 0 Å². The molecule has 126 valence electrons. The topological polar surface area (TPSA) is 64.7 Å². The molecule has 1 aliphatic carbocycles. The van der Waals surface area contributed by atoms with E-state index < -0.39 is 0 Å². The molecule has 4 aromatic rings. The van der Waals surface area contributed by atoms with E-state index in [0.717, 1.165) is 27.0 Å². The second kappa shape index (κ2) is 6.19. The van der Waals surface area contributed by atoms with Crippen LogP contribution >= 0.6 is 34.4 Å². The van der Waals surface area contributed by atoms with Crippen molar-refractivity contribution in [3.05, 3.63) is 39.7 Å². The summed E-state index contributed by atoms with van der Waals surface area (Å²) in [6, 6.07) is 3.97. The fourth-order valence-corrected chi connectivity index (χ4v) is 6.06. The van der Waals surface area contributed by atoms with Crippen LogP contribution in [-0.2, 0) is 18.6 Å². The van der Waals surface area contributed by atoms with Crippen LogP contribution in [0.2, 0.25) is 0 Å². The lowest BCUT2D eigenvalue weighted by Gasteiger charge is -2.04. The molecule has 25 heavy (non-hydrogen) atoms. The Kier molecular flexibility index (Phi) is 3.83. The largest absolute Gasteiger partial charge is 0.419 e. The number of hydrogen-bond acceptors (Lipinski definition) is 8. The third kappa shape index (κ3) is 2.78. The number of rotatable bonds is 4. The molecule has 0 N–H and O–H groups in total. The Hall–Kier alpha value is -1.77. The second-order valence-corrected chi connectivity index (χ2v) is 8.88. The summed E-state index contributed by atoms with van der Waals surface area (Å²) < 4.78 is 5.79. The first kappa shape index (κ1) is 15.5. The van der Waals surface area contributed by atoms with Crippen molar-refractivity contribution >= 4 is 44.7 Å². The highest BCUT2D eigenvalue weighted by Crippen LogP contribution is 2.41. The normalized spacial score (nSPS) is 13.6. The van der Waals surface area contributed by atoms with Gasteiger partial charge in [0.15, 0.2) is 0 Å². The van der Waals surface area contributed by atoms with E-state index in [9.17, 15) is 0 Å². The van der Waals surface area contributed by atoms with Crippen molar-refractivity contribution < 1.29 is 4.42 Å². The van der Waals surface area contributed by atoms with Crippen LogP contribution in [0.1, 0.15) is 28.6 Å². The summed E-state index contributed by atoms with van der Waals surface area (Å²) in [7, 11) is 0. The van der Waals surface area contributed by atoms with Crippen LogP contribution in [0.15, 0.2) is 27.0 Å². The number of fused-ring (bicyclic) bond motifs is 3. The average molecular weight is 387 g/mol. The fraction of sp³-hybridized carbons (Fsp3) is 0.294. The lowest BCUT2D eigenvalue weighted by atomic mass is 10.2. The summed E-state index contributed by atoms with van der Waals surface area (Å²) in [5.41, 5.74) is 1.45. The first-order chi connectivity index (χ1) is 12.3. The van der Waals surface area contributed by atoms with Crippen LogP contribution in [0.25, 0.3) is 21.0 Å².